The Hall–Kier alpha value is -2.24. The second kappa shape index (κ2) is 9.91. The van der Waals surface area contributed by atoms with Crippen LogP contribution in [0.5, 0.6) is 11.5 Å². The Morgan fingerprint density at radius 1 is 1.16 bits per heavy atom. The zero-order valence-corrected chi connectivity index (χ0v) is 15.2. The SMILES string of the molecule is CCCCOc1ccc(C(=O)NCC(=O)N2CCCCC2)cc1OC. The minimum atomic E-state index is -0.288. The van der Waals surface area contributed by atoms with Gasteiger partial charge in [-0.05, 0) is 43.9 Å². The zero-order chi connectivity index (χ0) is 18.1. The summed E-state index contributed by atoms with van der Waals surface area (Å²) in [5.41, 5.74) is 0.450. The number of hydrogen-bond donors (Lipinski definition) is 1. The van der Waals surface area contributed by atoms with Gasteiger partial charge in [-0.25, -0.2) is 0 Å². The molecular formula is C19H28N2O4. The molecule has 25 heavy (non-hydrogen) atoms. The molecule has 0 bridgehead atoms. The van der Waals surface area contributed by atoms with Crippen LogP contribution in [0.15, 0.2) is 18.2 Å². The normalized spacial score (nSPS) is 14.1. The number of ether oxygens (including phenoxy) is 2. The van der Waals surface area contributed by atoms with Crippen molar-refractivity contribution >= 4 is 11.8 Å². The van der Waals surface area contributed by atoms with E-state index >= 15 is 0 Å². The largest absolute Gasteiger partial charge is 0.493 e. The first-order valence-corrected chi connectivity index (χ1v) is 9.02. The number of hydrogen-bond acceptors (Lipinski definition) is 4. The van der Waals surface area contributed by atoms with Gasteiger partial charge < -0.3 is 19.7 Å². The second-order valence-corrected chi connectivity index (χ2v) is 6.19. The highest BCUT2D eigenvalue weighted by molar-refractivity contribution is 5.97. The van der Waals surface area contributed by atoms with E-state index in [4.69, 9.17) is 9.47 Å². The van der Waals surface area contributed by atoms with Gasteiger partial charge in [-0.15, -0.1) is 0 Å². The van der Waals surface area contributed by atoms with E-state index in [0.717, 1.165) is 38.8 Å². The highest BCUT2D eigenvalue weighted by Crippen LogP contribution is 2.28. The Kier molecular flexibility index (Phi) is 7.57. The quantitative estimate of drug-likeness (QED) is 0.733. The van der Waals surface area contributed by atoms with Crippen LogP contribution in [0.25, 0.3) is 0 Å². The molecule has 1 heterocycles. The fourth-order valence-corrected chi connectivity index (χ4v) is 2.77. The van der Waals surface area contributed by atoms with Crippen LogP contribution in [-0.4, -0.2) is 50.1 Å². The van der Waals surface area contributed by atoms with E-state index in [2.05, 4.69) is 12.2 Å². The first-order valence-electron chi connectivity index (χ1n) is 9.02. The van der Waals surface area contributed by atoms with Crippen LogP contribution in [0.4, 0.5) is 0 Å². The minimum Gasteiger partial charge on any atom is -0.493 e. The average molecular weight is 348 g/mol. The van der Waals surface area contributed by atoms with E-state index < -0.39 is 0 Å². The molecule has 0 aliphatic carbocycles. The molecule has 0 unspecified atom stereocenters. The van der Waals surface area contributed by atoms with Crippen molar-refractivity contribution in [2.24, 2.45) is 0 Å². The number of nitrogens with one attached hydrogen (secondary N) is 1. The monoisotopic (exact) mass is 348 g/mol. The molecule has 1 aliphatic heterocycles. The molecule has 6 heteroatoms. The number of benzene rings is 1. The minimum absolute atomic E-state index is 0.0237. The number of methoxy groups -OCH3 is 1. The Morgan fingerprint density at radius 3 is 2.60 bits per heavy atom. The van der Waals surface area contributed by atoms with Gasteiger partial charge in [-0.1, -0.05) is 13.3 Å². The highest BCUT2D eigenvalue weighted by Gasteiger charge is 2.18. The van der Waals surface area contributed by atoms with E-state index in [0.29, 0.717) is 23.7 Å². The standard InChI is InChI=1S/C19H28N2O4/c1-3-4-12-25-16-9-8-15(13-17(16)24-2)19(23)20-14-18(22)21-10-6-5-7-11-21/h8-9,13H,3-7,10-12,14H2,1-2H3,(H,20,23). The summed E-state index contributed by atoms with van der Waals surface area (Å²) in [6, 6.07) is 5.06. The molecule has 1 aromatic carbocycles. The van der Waals surface area contributed by atoms with E-state index in [1.165, 1.54) is 6.42 Å². The van der Waals surface area contributed by atoms with Gasteiger partial charge in [0.15, 0.2) is 11.5 Å². The van der Waals surface area contributed by atoms with Gasteiger partial charge in [0.25, 0.3) is 5.91 Å². The van der Waals surface area contributed by atoms with E-state index in [1.54, 1.807) is 25.3 Å². The van der Waals surface area contributed by atoms with Crippen molar-refractivity contribution in [3.8, 4) is 11.5 Å². The summed E-state index contributed by atoms with van der Waals surface area (Å²) in [5.74, 6) is 0.825. The summed E-state index contributed by atoms with van der Waals surface area (Å²) in [6.07, 6.45) is 5.26. The predicted molar refractivity (Wildman–Crippen MR) is 96.2 cm³/mol. The van der Waals surface area contributed by atoms with Crippen molar-refractivity contribution < 1.29 is 19.1 Å². The maximum atomic E-state index is 12.3. The maximum absolute atomic E-state index is 12.3. The lowest BCUT2D eigenvalue weighted by Gasteiger charge is -2.26. The lowest BCUT2D eigenvalue weighted by molar-refractivity contribution is -0.130. The van der Waals surface area contributed by atoms with Crippen LogP contribution in [0.3, 0.4) is 0 Å². The van der Waals surface area contributed by atoms with Crippen LogP contribution in [0, 0.1) is 0 Å². The number of unbranched alkanes of at least 4 members (excludes halogenated alkanes) is 1. The molecule has 0 atom stereocenters. The molecule has 2 rings (SSSR count). The van der Waals surface area contributed by atoms with E-state index in [9.17, 15) is 9.59 Å². The van der Waals surface area contributed by atoms with E-state index in [-0.39, 0.29) is 18.4 Å². The number of carbonyl (C=O) groups excluding carboxylic acids is 2. The number of piperidine rings is 1. The Balaban J connectivity index is 1.90. The maximum Gasteiger partial charge on any atom is 0.251 e. The van der Waals surface area contributed by atoms with Gasteiger partial charge in [0.2, 0.25) is 5.91 Å². The van der Waals surface area contributed by atoms with Gasteiger partial charge in [-0.3, -0.25) is 9.59 Å². The third-order valence-corrected chi connectivity index (χ3v) is 4.29. The molecule has 0 radical (unpaired) electrons. The van der Waals surface area contributed by atoms with Gasteiger partial charge in [0.1, 0.15) is 0 Å². The van der Waals surface area contributed by atoms with Gasteiger partial charge in [0.05, 0.1) is 20.3 Å². The first-order chi connectivity index (χ1) is 12.2. The summed E-state index contributed by atoms with van der Waals surface area (Å²) >= 11 is 0. The number of rotatable bonds is 8. The van der Waals surface area contributed by atoms with Crippen LogP contribution < -0.4 is 14.8 Å². The fourth-order valence-electron chi connectivity index (χ4n) is 2.77. The Morgan fingerprint density at radius 2 is 1.92 bits per heavy atom. The number of carbonyl (C=O) groups is 2. The summed E-state index contributed by atoms with van der Waals surface area (Å²) < 4.78 is 11.0. The van der Waals surface area contributed by atoms with Crippen molar-refractivity contribution in [2.45, 2.75) is 39.0 Å². The lowest BCUT2D eigenvalue weighted by Crippen LogP contribution is -2.42. The van der Waals surface area contributed by atoms with Crippen molar-refractivity contribution in [1.82, 2.24) is 10.2 Å². The molecule has 6 nitrogen and oxygen atoms in total. The first kappa shape index (κ1) is 19.1. The van der Waals surface area contributed by atoms with Crippen LogP contribution in [-0.2, 0) is 4.79 Å². The van der Waals surface area contributed by atoms with Crippen molar-refractivity contribution in [1.29, 1.82) is 0 Å². The van der Waals surface area contributed by atoms with Crippen molar-refractivity contribution in [3.63, 3.8) is 0 Å². The van der Waals surface area contributed by atoms with Crippen LogP contribution in [0.2, 0.25) is 0 Å². The Bertz CT molecular complexity index is 583. The summed E-state index contributed by atoms with van der Waals surface area (Å²) in [5, 5.41) is 2.69. The summed E-state index contributed by atoms with van der Waals surface area (Å²) in [6.45, 7) is 4.30. The highest BCUT2D eigenvalue weighted by atomic mass is 16.5. The molecule has 0 spiro atoms. The van der Waals surface area contributed by atoms with Gasteiger partial charge in [0, 0.05) is 18.7 Å². The van der Waals surface area contributed by atoms with Gasteiger partial charge >= 0.3 is 0 Å². The number of amides is 2. The summed E-state index contributed by atoms with van der Waals surface area (Å²) in [7, 11) is 1.55. The predicted octanol–water partition coefficient (Wildman–Crippen LogP) is 2.62. The van der Waals surface area contributed by atoms with Gasteiger partial charge in [-0.2, -0.15) is 0 Å². The molecule has 138 valence electrons. The summed E-state index contributed by atoms with van der Waals surface area (Å²) in [4.78, 5) is 26.2. The Labute approximate surface area is 149 Å². The zero-order valence-electron chi connectivity index (χ0n) is 15.2. The molecule has 1 fully saturated rings. The van der Waals surface area contributed by atoms with E-state index in [1.807, 2.05) is 4.90 Å². The third-order valence-electron chi connectivity index (χ3n) is 4.29. The topological polar surface area (TPSA) is 67.9 Å². The molecular weight excluding hydrogens is 320 g/mol. The average Bonchev–Trinajstić information content (AvgIpc) is 2.66. The molecule has 1 aromatic rings. The lowest BCUT2D eigenvalue weighted by atomic mass is 10.1. The van der Waals surface area contributed by atoms with Crippen LogP contribution in [0.1, 0.15) is 49.4 Å². The molecule has 1 saturated heterocycles. The van der Waals surface area contributed by atoms with Crippen LogP contribution >= 0.6 is 0 Å². The smallest absolute Gasteiger partial charge is 0.251 e. The number of likely N-dealkylation sites (tertiary alicyclic amines) is 1. The molecule has 1 N–H and O–H groups in total. The molecule has 1 aliphatic rings. The van der Waals surface area contributed by atoms with Crippen molar-refractivity contribution in [3.05, 3.63) is 23.8 Å². The third kappa shape index (κ3) is 5.66. The van der Waals surface area contributed by atoms with Crippen molar-refractivity contribution in [2.75, 3.05) is 33.4 Å². The molecule has 0 aromatic heterocycles. The number of nitrogens with zero attached hydrogens (tertiary/aromatic N) is 1. The fraction of sp³-hybridized carbons (Fsp3) is 0.579. The molecule has 2 amide bonds. The molecule has 0 saturated carbocycles. The second-order valence-electron chi connectivity index (χ2n) is 6.19.